The molecule has 1 N–H and O–H groups in total. The third-order valence-corrected chi connectivity index (χ3v) is 3.25. The number of hydrogen-bond acceptors (Lipinski definition) is 5. The molecule has 0 atom stereocenters. The van der Waals surface area contributed by atoms with Gasteiger partial charge in [0.25, 0.3) is 5.91 Å². The van der Waals surface area contributed by atoms with Crippen LogP contribution in [0.5, 0.6) is 5.75 Å². The topological polar surface area (TPSA) is 82.2 Å². The molecular weight excluding hydrogens is 284 g/mol. The molecule has 0 fully saturated rings. The fraction of sp³-hybridized carbons (Fsp3) is 0.267. The number of aromatic nitrogens is 3. The van der Waals surface area contributed by atoms with Crippen LogP contribution in [0.1, 0.15) is 11.7 Å². The van der Waals surface area contributed by atoms with E-state index in [0.717, 1.165) is 10.9 Å². The smallest absolute Gasteiger partial charge is 0.258 e. The number of aryl methyl sites for hydroxylation is 2. The summed E-state index contributed by atoms with van der Waals surface area (Å²) in [4.78, 5) is 15.8. The highest BCUT2D eigenvalue weighted by Crippen LogP contribution is 2.25. The zero-order chi connectivity index (χ0) is 15.5. The normalized spacial score (nSPS) is 10.8. The molecule has 114 valence electrons. The molecular formula is C15H16N4O3. The van der Waals surface area contributed by atoms with Crippen molar-refractivity contribution in [1.82, 2.24) is 20.0 Å². The number of hydrogen-bond donors (Lipinski definition) is 1. The Morgan fingerprint density at radius 2 is 2.27 bits per heavy atom. The van der Waals surface area contributed by atoms with Crippen LogP contribution < -0.4 is 10.1 Å². The van der Waals surface area contributed by atoms with E-state index in [0.29, 0.717) is 17.5 Å². The van der Waals surface area contributed by atoms with Gasteiger partial charge in [-0.05, 0) is 25.1 Å². The molecule has 0 radical (unpaired) electrons. The molecule has 3 aromatic rings. The van der Waals surface area contributed by atoms with Gasteiger partial charge in [-0.15, -0.1) is 0 Å². The number of nitrogens with zero attached hydrogens (tertiary/aromatic N) is 3. The van der Waals surface area contributed by atoms with Gasteiger partial charge in [0.05, 0.1) is 12.1 Å². The molecule has 3 rings (SSSR count). The van der Waals surface area contributed by atoms with Crippen LogP contribution in [0.15, 0.2) is 35.0 Å². The molecule has 7 heteroatoms. The molecule has 1 aromatic carbocycles. The van der Waals surface area contributed by atoms with E-state index >= 15 is 0 Å². The Labute approximate surface area is 126 Å². The van der Waals surface area contributed by atoms with Crippen molar-refractivity contribution in [3.8, 4) is 5.75 Å². The summed E-state index contributed by atoms with van der Waals surface area (Å²) >= 11 is 0. The van der Waals surface area contributed by atoms with Crippen molar-refractivity contribution in [2.45, 2.75) is 13.5 Å². The fourth-order valence-corrected chi connectivity index (χ4v) is 2.18. The van der Waals surface area contributed by atoms with Crippen LogP contribution in [0.25, 0.3) is 10.9 Å². The Hall–Kier alpha value is -2.83. The summed E-state index contributed by atoms with van der Waals surface area (Å²) in [7, 11) is 1.96. The second-order valence-corrected chi connectivity index (χ2v) is 4.92. The van der Waals surface area contributed by atoms with Crippen molar-refractivity contribution in [3.63, 3.8) is 0 Å². The van der Waals surface area contributed by atoms with Gasteiger partial charge in [0, 0.05) is 18.6 Å². The number of nitrogens with one attached hydrogen (secondary N) is 1. The third-order valence-electron chi connectivity index (χ3n) is 3.25. The van der Waals surface area contributed by atoms with Crippen LogP contribution in [0, 0.1) is 6.92 Å². The SMILES string of the molecule is Cc1noc(CNC(=O)COc2cccc3c2ccn3C)n1. The van der Waals surface area contributed by atoms with Gasteiger partial charge in [-0.25, -0.2) is 0 Å². The first-order chi connectivity index (χ1) is 10.6. The largest absolute Gasteiger partial charge is 0.483 e. The number of rotatable bonds is 5. The average molecular weight is 300 g/mol. The van der Waals surface area contributed by atoms with Gasteiger partial charge >= 0.3 is 0 Å². The maximum absolute atomic E-state index is 11.8. The van der Waals surface area contributed by atoms with Crippen molar-refractivity contribution in [2.75, 3.05) is 6.61 Å². The van der Waals surface area contributed by atoms with Crippen LogP contribution in [0.4, 0.5) is 0 Å². The second-order valence-electron chi connectivity index (χ2n) is 4.92. The van der Waals surface area contributed by atoms with Gasteiger partial charge in [0.15, 0.2) is 12.4 Å². The highest BCUT2D eigenvalue weighted by atomic mass is 16.5. The first-order valence-electron chi connectivity index (χ1n) is 6.86. The predicted molar refractivity (Wildman–Crippen MR) is 79.3 cm³/mol. The predicted octanol–water partition coefficient (Wildman–Crippen LogP) is 1.56. The Kier molecular flexibility index (Phi) is 3.78. The van der Waals surface area contributed by atoms with Gasteiger partial charge in [-0.3, -0.25) is 4.79 Å². The summed E-state index contributed by atoms with van der Waals surface area (Å²) < 4.78 is 12.5. The van der Waals surface area contributed by atoms with E-state index < -0.39 is 0 Å². The van der Waals surface area contributed by atoms with E-state index in [-0.39, 0.29) is 19.1 Å². The molecule has 2 heterocycles. The monoisotopic (exact) mass is 300 g/mol. The lowest BCUT2D eigenvalue weighted by Crippen LogP contribution is -2.28. The van der Waals surface area contributed by atoms with Gasteiger partial charge in [-0.2, -0.15) is 4.98 Å². The van der Waals surface area contributed by atoms with Crippen LogP contribution in [0.3, 0.4) is 0 Å². The van der Waals surface area contributed by atoms with Crippen LogP contribution in [-0.4, -0.2) is 27.2 Å². The quantitative estimate of drug-likeness (QED) is 0.773. The molecule has 0 unspecified atom stereocenters. The Morgan fingerprint density at radius 3 is 3.05 bits per heavy atom. The molecule has 0 saturated heterocycles. The number of ether oxygens (including phenoxy) is 1. The highest BCUT2D eigenvalue weighted by Gasteiger charge is 2.09. The number of carbonyl (C=O) groups excluding carboxylic acids is 1. The first kappa shape index (κ1) is 14.1. The zero-order valence-corrected chi connectivity index (χ0v) is 12.4. The van der Waals surface area contributed by atoms with Gasteiger partial charge in [0.2, 0.25) is 5.89 Å². The Balaban J connectivity index is 1.58. The summed E-state index contributed by atoms with van der Waals surface area (Å²) in [6, 6.07) is 7.71. The molecule has 0 saturated carbocycles. The summed E-state index contributed by atoms with van der Waals surface area (Å²) in [6.07, 6.45) is 1.95. The van der Waals surface area contributed by atoms with Gasteiger partial charge in [0.1, 0.15) is 5.75 Å². The van der Waals surface area contributed by atoms with Crippen LogP contribution in [-0.2, 0) is 18.4 Å². The van der Waals surface area contributed by atoms with Crippen molar-refractivity contribution in [2.24, 2.45) is 7.05 Å². The molecule has 0 spiro atoms. The van der Waals surface area contributed by atoms with E-state index in [1.54, 1.807) is 6.92 Å². The minimum atomic E-state index is -0.246. The van der Waals surface area contributed by atoms with Crippen molar-refractivity contribution in [1.29, 1.82) is 0 Å². The van der Waals surface area contributed by atoms with E-state index in [4.69, 9.17) is 9.26 Å². The zero-order valence-electron chi connectivity index (χ0n) is 12.4. The first-order valence-corrected chi connectivity index (χ1v) is 6.86. The number of amides is 1. The summed E-state index contributed by atoms with van der Waals surface area (Å²) in [5.74, 6) is 1.35. The third kappa shape index (κ3) is 2.93. The van der Waals surface area contributed by atoms with E-state index in [1.165, 1.54) is 0 Å². The minimum absolute atomic E-state index is 0.0683. The van der Waals surface area contributed by atoms with E-state index in [9.17, 15) is 4.79 Å². The molecule has 22 heavy (non-hydrogen) atoms. The summed E-state index contributed by atoms with van der Waals surface area (Å²) in [6.45, 7) is 1.85. The molecule has 7 nitrogen and oxygen atoms in total. The molecule has 0 aliphatic heterocycles. The van der Waals surface area contributed by atoms with E-state index in [2.05, 4.69) is 15.5 Å². The molecule has 1 amide bonds. The number of fused-ring (bicyclic) bond motifs is 1. The maximum atomic E-state index is 11.8. The Morgan fingerprint density at radius 1 is 1.41 bits per heavy atom. The maximum Gasteiger partial charge on any atom is 0.258 e. The average Bonchev–Trinajstić information content (AvgIpc) is 3.10. The summed E-state index contributed by atoms with van der Waals surface area (Å²) in [5.41, 5.74) is 1.05. The summed E-state index contributed by atoms with van der Waals surface area (Å²) in [5, 5.41) is 7.30. The highest BCUT2D eigenvalue weighted by molar-refractivity contribution is 5.87. The molecule has 0 bridgehead atoms. The fourth-order valence-electron chi connectivity index (χ4n) is 2.18. The van der Waals surface area contributed by atoms with Gasteiger partial charge < -0.3 is 19.1 Å². The van der Waals surface area contributed by atoms with Gasteiger partial charge in [-0.1, -0.05) is 11.2 Å². The molecule has 0 aliphatic carbocycles. The minimum Gasteiger partial charge on any atom is -0.483 e. The Bertz CT molecular complexity index is 806. The lowest BCUT2D eigenvalue weighted by atomic mass is 10.2. The lowest BCUT2D eigenvalue weighted by Gasteiger charge is -2.07. The van der Waals surface area contributed by atoms with Crippen LogP contribution in [0.2, 0.25) is 0 Å². The second kappa shape index (κ2) is 5.88. The van der Waals surface area contributed by atoms with Crippen molar-refractivity contribution >= 4 is 16.8 Å². The van der Waals surface area contributed by atoms with Crippen LogP contribution >= 0.6 is 0 Å². The standard InChI is InChI=1S/C15H16N4O3/c1-10-17-15(22-18-10)8-16-14(20)9-21-13-5-3-4-12-11(13)6-7-19(12)2/h3-7H,8-9H2,1-2H3,(H,16,20). The van der Waals surface area contributed by atoms with Crippen molar-refractivity contribution in [3.05, 3.63) is 42.2 Å². The molecule has 0 aliphatic rings. The molecule has 2 aromatic heterocycles. The van der Waals surface area contributed by atoms with E-state index in [1.807, 2.05) is 42.1 Å². The van der Waals surface area contributed by atoms with Crippen molar-refractivity contribution < 1.29 is 14.1 Å². The number of carbonyl (C=O) groups is 1. The number of benzene rings is 1. The lowest BCUT2D eigenvalue weighted by molar-refractivity contribution is -0.123.